The molecule has 0 aliphatic heterocycles. The number of rotatable bonds is 9. The minimum Gasteiger partial charge on any atom is -0.449 e. The number of nitrogens with one attached hydrogen (secondary N) is 1. The molecule has 1 amide bonds. The zero-order valence-corrected chi connectivity index (χ0v) is 17.7. The normalized spacial score (nSPS) is 13.3. The monoisotopic (exact) mass is 417 g/mol. The standard InChI is InChI=1S/C22H27NO5S/c1-4-18(19-8-6-5-7-9-19)14-23-21(24)16(2)28-22(25)20-12-10-17(11-13-20)15-29(3,26)27/h5-13,16,18H,4,14-15H2,1-3H3,(H,23,24)/t16-,18-/m0/s1. The van der Waals surface area contributed by atoms with Crippen LogP contribution in [0.5, 0.6) is 0 Å². The lowest BCUT2D eigenvalue weighted by Crippen LogP contribution is -2.38. The minimum atomic E-state index is -3.15. The van der Waals surface area contributed by atoms with Crippen molar-refractivity contribution in [2.24, 2.45) is 0 Å². The van der Waals surface area contributed by atoms with Gasteiger partial charge in [-0.05, 0) is 36.6 Å². The third kappa shape index (κ3) is 7.34. The molecular formula is C22H27NO5S. The lowest BCUT2D eigenvalue weighted by atomic mass is 9.96. The van der Waals surface area contributed by atoms with Crippen molar-refractivity contribution in [3.63, 3.8) is 0 Å². The van der Waals surface area contributed by atoms with E-state index in [1.54, 1.807) is 12.1 Å². The first-order valence-electron chi connectivity index (χ1n) is 9.50. The largest absolute Gasteiger partial charge is 0.449 e. The van der Waals surface area contributed by atoms with Gasteiger partial charge in [-0.25, -0.2) is 13.2 Å². The Bertz CT molecular complexity index is 923. The predicted octanol–water partition coefficient (Wildman–Crippen LogP) is 3.09. The molecule has 6 nitrogen and oxygen atoms in total. The number of sulfone groups is 1. The lowest BCUT2D eigenvalue weighted by Gasteiger charge is -2.18. The highest BCUT2D eigenvalue weighted by Gasteiger charge is 2.20. The molecule has 0 fully saturated rings. The smallest absolute Gasteiger partial charge is 0.338 e. The maximum atomic E-state index is 12.3. The summed E-state index contributed by atoms with van der Waals surface area (Å²) in [5.74, 6) is -0.901. The fourth-order valence-electron chi connectivity index (χ4n) is 2.91. The Labute approximate surface area is 172 Å². The molecule has 2 atom stereocenters. The second kappa shape index (κ2) is 10.2. The highest BCUT2D eigenvalue weighted by atomic mass is 32.2. The molecule has 0 aliphatic carbocycles. The molecule has 2 rings (SSSR count). The minimum absolute atomic E-state index is 0.0961. The molecule has 29 heavy (non-hydrogen) atoms. The van der Waals surface area contributed by atoms with Gasteiger partial charge in [0.05, 0.1) is 11.3 Å². The highest BCUT2D eigenvalue weighted by molar-refractivity contribution is 7.89. The summed E-state index contributed by atoms with van der Waals surface area (Å²) in [6.45, 7) is 4.04. The second-order valence-electron chi connectivity index (χ2n) is 7.08. The van der Waals surface area contributed by atoms with Gasteiger partial charge in [0.15, 0.2) is 15.9 Å². The van der Waals surface area contributed by atoms with Gasteiger partial charge in [-0.1, -0.05) is 49.4 Å². The van der Waals surface area contributed by atoms with Crippen LogP contribution in [0.3, 0.4) is 0 Å². The number of ether oxygens (including phenoxy) is 1. The molecule has 0 aliphatic rings. The van der Waals surface area contributed by atoms with Crippen molar-refractivity contribution in [3.05, 3.63) is 71.3 Å². The van der Waals surface area contributed by atoms with Gasteiger partial charge >= 0.3 is 5.97 Å². The van der Waals surface area contributed by atoms with Crippen molar-refractivity contribution in [2.75, 3.05) is 12.8 Å². The van der Waals surface area contributed by atoms with Crippen LogP contribution in [0.25, 0.3) is 0 Å². The van der Waals surface area contributed by atoms with Gasteiger partial charge in [0.2, 0.25) is 0 Å². The van der Waals surface area contributed by atoms with Crippen molar-refractivity contribution in [1.29, 1.82) is 0 Å². The quantitative estimate of drug-likeness (QED) is 0.633. The zero-order chi connectivity index (χ0) is 21.4. The van der Waals surface area contributed by atoms with E-state index in [1.807, 2.05) is 30.3 Å². The molecule has 0 unspecified atom stereocenters. The van der Waals surface area contributed by atoms with E-state index in [1.165, 1.54) is 19.1 Å². The number of carbonyl (C=O) groups is 2. The van der Waals surface area contributed by atoms with Crippen molar-refractivity contribution in [1.82, 2.24) is 5.32 Å². The molecule has 0 bridgehead atoms. The summed E-state index contributed by atoms with van der Waals surface area (Å²) in [4.78, 5) is 24.6. The Hall–Kier alpha value is -2.67. The molecule has 0 saturated heterocycles. The Balaban J connectivity index is 1.89. The number of benzene rings is 2. The fourth-order valence-corrected chi connectivity index (χ4v) is 3.71. The van der Waals surface area contributed by atoms with Crippen LogP contribution in [0, 0.1) is 0 Å². The summed E-state index contributed by atoms with van der Waals surface area (Å²) in [6, 6.07) is 16.0. The average Bonchev–Trinajstić information content (AvgIpc) is 2.68. The van der Waals surface area contributed by atoms with Crippen molar-refractivity contribution in [2.45, 2.75) is 38.0 Å². The second-order valence-corrected chi connectivity index (χ2v) is 9.22. The topological polar surface area (TPSA) is 89.5 Å². The molecule has 156 valence electrons. The number of hydrogen-bond acceptors (Lipinski definition) is 5. The van der Waals surface area contributed by atoms with Crippen molar-refractivity contribution < 1.29 is 22.7 Å². The maximum Gasteiger partial charge on any atom is 0.338 e. The first-order valence-corrected chi connectivity index (χ1v) is 11.6. The van der Waals surface area contributed by atoms with Crippen LogP contribution in [0.2, 0.25) is 0 Å². The number of hydrogen-bond donors (Lipinski definition) is 1. The van der Waals surface area contributed by atoms with Crippen LogP contribution < -0.4 is 5.32 Å². The SMILES string of the molecule is CC[C@@H](CNC(=O)[C@H](C)OC(=O)c1ccc(CS(C)(=O)=O)cc1)c1ccccc1. The lowest BCUT2D eigenvalue weighted by molar-refractivity contribution is -0.129. The van der Waals surface area contributed by atoms with Gasteiger partial charge in [-0.3, -0.25) is 4.79 Å². The molecule has 0 aromatic heterocycles. The van der Waals surface area contributed by atoms with Crippen LogP contribution in [0.1, 0.15) is 47.7 Å². The summed E-state index contributed by atoms with van der Waals surface area (Å²) in [5.41, 5.74) is 1.99. The average molecular weight is 418 g/mol. The number of carbonyl (C=O) groups excluding carboxylic acids is 2. The highest BCUT2D eigenvalue weighted by Crippen LogP contribution is 2.18. The van der Waals surface area contributed by atoms with E-state index >= 15 is 0 Å². The van der Waals surface area contributed by atoms with E-state index in [4.69, 9.17) is 4.74 Å². The van der Waals surface area contributed by atoms with E-state index in [-0.39, 0.29) is 23.1 Å². The molecular weight excluding hydrogens is 390 g/mol. The van der Waals surface area contributed by atoms with Crippen LogP contribution in [0.4, 0.5) is 0 Å². The summed E-state index contributed by atoms with van der Waals surface area (Å²) in [6.07, 6.45) is 1.08. The summed E-state index contributed by atoms with van der Waals surface area (Å²) >= 11 is 0. The van der Waals surface area contributed by atoms with Gasteiger partial charge in [0, 0.05) is 18.7 Å². The van der Waals surface area contributed by atoms with Crippen LogP contribution in [-0.2, 0) is 25.1 Å². The van der Waals surface area contributed by atoms with Crippen LogP contribution in [-0.4, -0.2) is 39.2 Å². The summed E-state index contributed by atoms with van der Waals surface area (Å²) < 4.78 is 27.9. The third-order valence-corrected chi connectivity index (χ3v) is 5.42. The van der Waals surface area contributed by atoms with Crippen LogP contribution in [0.15, 0.2) is 54.6 Å². The van der Waals surface area contributed by atoms with Gasteiger partial charge in [-0.15, -0.1) is 0 Å². The molecule has 2 aromatic carbocycles. The van der Waals surface area contributed by atoms with Gasteiger partial charge < -0.3 is 10.1 Å². The van der Waals surface area contributed by atoms with Gasteiger partial charge in [0.1, 0.15) is 0 Å². The number of esters is 1. The Kier molecular flexibility index (Phi) is 7.96. The zero-order valence-electron chi connectivity index (χ0n) is 16.9. The molecule has 0 heterocycles. The third-order valence-electron chi connectivity index (χ3n) is 4.56. The van der Waals surface area contributed by atoms with E-state index in [2.05, 4.69) is 12.2 Å². The molecule has 7 heteroatoms. The first kappa shape index (κ1) is 22.6. The van der Waals surface area contributed by atoms with Crippen molar-refractivity contribution >= 4 is 21.7 Å². The predicted molar refractivity (Wildman–Crippen MR) is 112 cm³/mol. The van der Waals surface area contributed by atoms with Gasteiger partial charge in [0.25, 0.3) is 5.91 Å². The molecule has 1 N–H and O–H groups in total. The van der Waals surface area contributed by atoms with Gasteiger partial charge in [-0.2, -0.15) is 0 Å². The fraction of sp³-hybridized carbons (Fsp3) is 0.364. The van der Waals surface area contributed by atoms with E-state index in [0.29, 0.717) is 12.1 Å². The maximum absolute atomic E-state index is 12.3. The Morgan fingerprint density at radius 1 is 1.03 bits per heavy atom. The molecule has 0 spiro atoms. The molecule has 2 aromatic rings. The van der Waals surface area contributed by atoms with E-state index in [0.717, 1.165) is 18.2 Å². The molecule has 0 saturated carbocycles. The summed E-state index contributed by atoms with van der Waals surface area (Å²) in [7, 11) is -3.15. The Morgan fingerprint density at radius 3 is 2.21 bits per heavy atom. The summed E-state index contributed by atoms with van der Waals surface area (Å²) in [5, 5.41) is 2.84. The Morgan fingerprint density at radius 2 is 1.66 bits per heavy atom. The number of amides is 1. The first-order chi connectivity index (χ1) is 13.7. The van der Waals surface area contributed by atoms with E-state index < -0.39 is 21.9 Å². The van der Waals surface area contributed by atoms with Crippen LogP contribution >= 0.6 is 0 Å². The van der Waals surface area contributed by atoms with E-state index in [9.17, 15) is 18.0 Å². The molecule has 0 radical (unpaired) electrons. The van der Waals surface area contributed by atoms with Crippen molar-refractivity contribution in [3.8, 4) is 0 Å².